The van der Waals surface area contributed by atoms with E-state index in [1.54, 1.807) is 6.07 Å². The van der Waals surface area contributed by atoms with Gasteiger partial charge in [-0.05, 0) is 85.3 Å². The van der Waals surface area contributed by atoms with E-state index in [0.717, 1.165) is 49.1 Å². The Labute approximate surface area is 209 Å². The number of fused-ring (bicyclic) bond motifs is 1. The van der Waals surface area contributed by atoms with Crippen molar-refractivity contribution < 1.29 is 34.6 Å². The number of alkyl halides is 3. The van der Waals surface area contributed by atoms with Gasteiger partial charge in [0.15, 0.2) is 11.6 Å². The number of hydrogen-bond donors (Lipinski definition) is 0. The van der Waals surface area contributed by atoms with Gasteiger partial charge in [0.1, 0.15) is 5.82 Å². The van der Waals surface area contributed by atoms with Gasteiger partial charge in [-0.15, -0.1) is 0 Å². The molecule has 0 unspecified atom stereocenters. The quantitative estimate of drug-likeness (QED) is 0.204. The molecule has 36 heavy (non-hydrogen) atoms. The van der Waals surface area contributed by atoms with Crippen LogP contribution in [0.3, 0.4) is 0 Å². The van der Waals surface area contributed by atoms with Crippen molar-refractivity contribution in [1.29, 1.82) is 0 Å². The van der Waals surface area contributed by atoms with E-state index in [4.69, 9.17) is 0 Å². The van der Waals surface area contributed by atoms with Gasteiger partial charge >= 0.3 is 15.6 Å². The van der Waals surface area contributed by atoms with Crippen LogP contribution >= 0.6 is 0 Å². The van der Waals surface area contributed by atoms with Crippen molar-refractivity contribution in [3.8, 4) is 5.75 Å². The molecule has 0 aliphatic heterocycles. The second-order valence-corrected chi connectivity index (χ2v) is 12.0. The highest BCUT2D eigenvalue weighted by Crippen LogP contribution is 2.45. The Balaban J connectivity index is 1.43. The molecule has 0 saturated heterocycles. The number of unbranched alkanes of at least 4 members (excludes halogenated alkanes) is 1. The van der Waals surface area contributed by atoms with Crippen LogP contribution in [-0.2, 0) is 10.1 Å². The molecule has 2 aromatic carbocycles. The lowest BCUT2D eigenvalue weighted by atomic mass is 9.68. The van der Waals surface area contributed by atoms with Crippen LogP contribution in [-0.4, -0.2) is 13.9 Å². The van der Waals surface area contributed by atoms with E-state index < -0.39 is 38.4 Å². The predicted molar refractivity (Wildman–Crippen MR) is 129 cm³/mol. The lowest BCUT2D eigenvalue weighted by molar-refractivity contribution is -0.0500. The van der Waals surface area contributed by atoms with Gasteiger partial charge in [-0.2, -0.15) is 21.6 Å². The van der Waals surface area contributed by atoms with E-state index in [2.05, 4.69) is 11.1 Å². The highest BCUT2D eigenvalue weighted by atomic mass is 32.2. The molecule has 2 aliphatic rings. The molecular weight excluding hydrogens is 499 g/mol. The SMILES string of the molecule is CCCCC1CCC(C2CCC(c3cc(F)c4c(F)c(OS(=O)(=O)C(F)(F)F)ccc4c3)CC2)CC1. The summed E-state index contributed by atoms with van der Waals surface area (Å²) in [5.74, 6) is -1.14. The van der Waals surface area contributed by atoms with Crippen LogP contribution in [0.15, 0.2) is 24.3 Å². The van der Waals surface area contributed by atoms with E-state index in [-0.39, 0.29) is 11.3 Å². The summed E-state index contributed by atoms with van der Waals surface area (Å²) in [5.41, 5.74) is -4.98. The Hall–Kier alpha value is -1.90. The van der Waals surface area contributed by atoms with Crippen LogP contribution in [0.25, 0.3) is 10.8 Å². The van der Waals surface area contributed by atoms with Gasteiger partial charge in [0.25, 0.3) is 0 Å². The van der Waals surface area contributed by atoms with E-state index >= 15 is 0 Å². The molecule has 2 saturated carbocycles. The molecule has 3 nitrogen and oxygen atoms in total. The maximum atomic E-state index is 14.9. The fourth-order valence-electron chi connectivity index (χ4n) is 6.21. The maximum Gasteiger partial charge on any atom is 0.534 e. The Morgan fingerprint density at radius 3 is 2.11 bits per heavy atom. The van der Waals surface area contributed by atoms with E-state index in [1.165, 1.54) is 57.1 Å². The van der Waals surface area contributed by atoms with Crippen molar-refractivity contribution in [3.63, 3.8) is 0 Å². The van der Waals surface area contributed by atoms with E-state index in [1.807, 2.05) is 0 Å². The van der Waals surface area contributed by atoms with Crippen LogP contribution in [0.1, 0.15) is 89.0 Å². The molecule has 0 heterocycles. The first kappa shape index (κ1) is 27.1. The van der Waals surface area contributed by atoms with Crippen molar-refractivity contribution in [3.05, 3.63) is 41.5 Å². The summed E-state index contributed by atoms with van der Waals surface area (Å²) < 4.78 is 93.9. The van der Waals surface area contributed by atoms with Crippen LogP contribution < -0.4 is 4.18 Å². The molecule has 0 radical (unpaired) electrons. The molecule has 0 amide bonds. The van der Waals surface area contributed by atoms with Gasteiger partial charge in [0.2, 0.25) is 0 Å². The average Bonchev–Trinajstić information content (AvgIpc) is 2.84. The highest BCUT2D eigenvalue weighted by molar-refractivity contribution is 7.88. The van der Waals surface area contributed by atoms with Crippen LogP contribution in [0.2, 0.25) is 0 Å². The van der Waals surface area contributed by atoms with Crippen LogP contribution in [0.5, 0.6) is 5.75 Å². The normalized spacial score (nSPS) is 25.7. The van der Waals surface area contributed by atoms with E-state index in [9.17, 15) is 30.4 Å². The van der Waals surface area contributed by atoms with E-state index in [0.29, 0.717) is 5.92 Å². The standard InChI is InChI=1S/C27H33F5O3S/c1-2-3-4-17-5-7-18(8-6-17)19-9-11-20(12-10-19)22-15-21-13-14-24(26(29)25(21)23(28)16-22)35-36(33,34)27(30,31)32/h13-20H,2-12H2,1H3. The minimum absolute atomic E-state index is 0.130. The first-order chi connectivity index (χ1) is 17.0. The second kappa shape index (κ2) is 10.8. The molecule has 0 bridgehead atoms. The summed E-state index contributed by atoms with van der Waals surface area (Å²) in [6.45, 7) is 2.24. The molecule has 4 rings (SSSR count). The summed E-state index contributed by atoms with van der Waals surface area (Å²) in [7, 11) is -6.06. The van der Waals surface area contributed by atoms with Crippen molar-refractivity contribution >= 4 is 20.9 Å². The van der Waals surface area contributed by atoms with Crippen molar-refractivity contribution in [2.75, 3.05) is 0 Å². The summed E-state index contributed by atoms with van der Waals surface area (Å²) in [4.78, 5) is 0. The molecule has 0 spiro atoms. The minimum atomic E-state index is -6.06. The van der Waals surface area contributed by atoms with Gasteiger partial charge in [-0.3, -0.25) is 0 Å². The number of rotatable bonds is 7. The predicted octanol–water partition coefficient (Wildman–Crippen LogP) is 8.62. The molecular formula is C27H33F5O3S. The molecule has 0 aromatic heterocycles. The summed E-state index contributed by atoms with van der Waals surface area (Å²) >= 11 is 0. The van der Waals surface area contributed by atoms with Crippen molar-refractivity contribution in [2.45, 2.75) is 89.0 Å². The molecule has 200 valence electrons. The molecule has 0 atom stereocenters. The zero-order valence-corrected chi connectivity index (χ0v) is 21.2. The van der Waals surface area contributed by atoms with Gasteiger partial charge in [-0.25, -0.2) is 8.78 Å². The number of halogens is 5. The molecule has 9 heteroatoms. The summed E-state index contributed by atoms with van der Waals surface area (Å²) in [6.07, 6.45) is 13.1. The van der Waals surface area contributed by atoms with Gasteiger partial charge in [-0.1, -0.05) is 51.2 Å². The Bertz CT molecular complexity index is 1160. The zero-order chi connectivity index (χ0) is 26.1. The van der Waals surface area contributed by atoms with Gasteiger partial charge in [0, 0.05) is 0 Å². The third-order valence-electron chi connectivity index (χ3n) is 8.24. The largest absolute Gasteiger partial charge is 0.534 e. The Morgan fingerprint density at radius 2 is 1.53 bits per heavy atom. The number of benzene rings is 2. The van der Waals surface area contributed by atoms with Crippen LogP contribution in [0, 0.1) is 29.4 Å². The topological polar surface area (TPSA) is 43.4 Å². The highest BCUT2D eigenvalue weighted by Gasteiger charge is 2.49. The average molecular weight is 533 g/mol. The second-order valence-electron chi connectivity index (χ2n) is 10.5. The Morgan fingerprint density at radius 1 is 0.917 bits per heavy atom. The first-order valence-electron chi connectivity index (χ1n) is 12.9. The summed E-state index contributed by atoms with van der Waals surface area (Å²) in [5, 5.41) is -0.422. The fraction of sp³-hybridized carbons (Fsp3) is 0.630. The first-order valence-corrected chi connectivity index (χ1v) is 14.3. The smallest absolute Gasteiger partial charge is 0.373 e. The molecule has 2 aliphatic carbocycles. The lowest BCUT2D eigenvalue weighted by Crippen LogP contribution is -2.28. The van der Waals surface area contributed by atoms with Gasteiger partial charge < -0.3 is 4.18 Å². The maximum absolute atomic E-state index is 14.9. The minimum Gasteiger partial charge on any atom is -0.373 e. The monoisotopic (exact) mass is 532 g/mol. The third-order valence-corrected chi connectivity index (χ3v) is 9.21. The van der Waals surface area contributed by atoms with Crippen LogP contribution in [0.4, 0.5) is 22.0 Å². The fourth-order valence-corrected chi connectivity index (χ4v) is 6.66. The summed E-state index contributed by atoms with van der Waals surface area (Å²) in [6, 6.07) is 4.84. The lowest BCUT2D eigenvalue weighted by Gasteiger charge is -2.38. The van der Waals surface area contributed by atoms with Crippen molar-refractivity contribution in [1.82, 2.24) is 0 Å². The molecule has 2 aromatic rings. The zero-order valence-electron chi connectivity index (χ0n) is 20.4. The Kier molecular flexibility index (Phi) is 8.17. The van der Waals surface area contributed by atoms with Crippen molar-refractivity contribution in [2.24, 2.45) is 17.8 Å². The molecule has 2 fully saturated rings. The number of hydrogen-bond acceptors (Lipinski definition) is 3. The molecule has 0 N–H and O–H groups in total. The van der Waals surface area contributed by atoms with Gasteiger partial charge in [0.05, 0.1) is 5.39 Å². The third kappa shape index (κ3) is 5.81.